The zero-order valence-corrected chi connectivity index (χ0v) is 19.0. The summed E-state index contributed by atoms with van der Waals surface area (Å²) < 4.78 is 45.0. The van der Waals surface area contributed by atoms with Crippen molar-refractivity contribution in [2.45, 2.75) is 58.4 Å². The number of aromatic nitrogens is 2. The Labute approximate surface area is 172 Å². The van der Waals surface area contributed by atoms with Crippen LogP contribution in [0.5, 0.6) is 0 Å². The number of nitrogens with zero attached hydrogens (tertiary/aromatic N) is 3. The van der Waals surface area contributed by atoms with Crippen molar-refractivity contribution in [2.75, 3.05) is 18.1 Å². The van der Waals surface area contributed by atoms with Gasteiger partial charge in [0.2, 0.25) is 5.95 Å². The van der Waals surface area contributed by atoms with E-state index >= 15 is 0 Å². The van der Waals surface area contributed by atoms with E-state index in [1.54, 1.807) is 17.3 Å². The molecule has 29 heavy (non-hydrogen) atoms. The molecule has 1 heterocycles. The predicted molar refractivity (Wildman–Crippen MR) is 113 cm³/mol. The van der Waals surface area contributed by atoms with E-state index in [1.165, 1.54) is 12.1 Å². The van der Waals surface area contributed by atoms with E-state index in [1.807, 2.05) is 6.92 Å². The molecule has 0 spiro atoms. The fourth-order valence-electron chi connectivity index (χ4n) is 2.45. The lowest BCUT2D eigenvalue weighted by Crippen LogP contribution is -2.42. The van der Waals surface area contributed by atoms with E-state index in [-0.39, 0.29) is 5.04 Å². The number of hydrogen-bond acceptors (Lipinski definition) is 4. The van der Waals surface area contributed by atoms with Crippen molar-refractivity contribution in [3.05, 3.63) is 47.8 Å². The van der Waals surface area contributed by atoms with E-state index in [4.69, 9.17) is 4.43 Å². The highest BCUT2D eigenvalue weighted by atomic mass is 28.4. The number of benzene rings is 1. The van der Waals surface area contributed by atoms with Gasteiger partial charge in [0.1, 0.15) is 0 Å². The first-order valence-corrected chi connectivity index (χ1v) is 12.7. The van der Waals surface area contributed by atoms with Crippen LogP contribution < -0.4 is 4.90 Å². The standard InChI is InChI=1S/C21H30F3N3OSi/c1-7-16-14-25-19(26-15-16)27(12-13-28-29(5,6)20(2,3)4)18-10-8-17(9-11-18)21(22,23)24/h8-11,14-15H,7,12-13H2,1-6H3. The summed E-state index contributed by atoms with van der Waals surface area (Å²) >= 11 is 0. The van der Waals surface area contributed by atoms with Crippen LogP contribution in [0.3, 0.4) is 0 Å². The van der Waals surface area contributed by atoms with Crippen molar-refractivity contribution in [1.82, 2.24) is 9.97 Å². The fourth-order valence-corrected chi connectivity index (χ4v) is 3.49. The van der Waals surface area contributed by atoms with Crippen LogP contribution in [-0.4, -0.2) is 31.4 Å². The summed E-state index contributed by atoms with van der Waals surface area (Å²) in [6.07, 6.45) is -0.0641. The summed E-state index contributed by atoms with van der Waals surface area (Å²) in [5.74, 6) is 0.445. The Morgan fingerprint density at radius 2 is 1.55 bits per heavy atom. The summed E-state index contributed by atoms with van der Waals surface area (Å²) in [6, 6.07) is 5.06. The Morgan fingerprint density at radius 3 is 2.00 bits per heavy atom. The summed E-state index contributed by atoms with van der Waals surface area (Å²) in [5.41, 5.74) is 0.917. The molecule has 2 rings (SSSR count). The Balaban J connectivity index is 2.26. The molecule has 2 aromatic rings. The van der Waals surface area contributed by atoms with Gasteiger partial charge in [-0.2, -0.15) is 13.2 Å². The van der Waals surface area contributed by atoms with Crippen molar-refractivity contribution in [3.63, 3.8) is 0 Å². The Hall–Kier alpha value is -1.93. The SMILES string of the molecule is CCc1cnc(N(CCO[Si](C)(C)C(C)(C)C)c2ccc(C(F)(F)F)cc2)nc1. The molecule has 160 valence electrons. The van der Waals surface area contributed by atoms with Gasteiger partial charge in [-0.25, -0.2) is 9.97 Å². The molecule has 0 bridgehead atoms. The lowest BCUT2D eigenvalue weighted by molar-refractivity contribution is -0.137. The quantitative estimate of drug-likeness (QED) is 0.494. The first kappa shape index (κ1) is 23.3. The Kier molecular flexibility index (Phi) is 7.11. The molecule has 0 saturated carbocycles. The van der Waals surface area contributed by atoms with Crippen LogP contribution in [-0.2, 0) is 17.0 Å². The molecule has 0 aliphatic heterocycles. The van der Waals surface area contributed by atoms with Crippen LogP contribution in [0.2, 0.25) is 18.1 Å². The van der Waals surface area contributed by atoms with Crippen LogP contribution in [0.4, 0.5) is 24.8 Å². The van der Waals surface area contributed by atoms with Gasteiger partial charge < -0.3 is 9.33 Å². The number of hydrogen-bond donors (Lipinski definition) is 0. The van der Waals surface area contributed by atoms with Crippen molar-refractivity contribution in [3.8, 4) is 0 Å². The van der Waals surface area contributed by atoms with Gasteiger partial charge in [-0.05, 0) is 54.4 Å². The second-order valence-corrected chi connectivity index (χ2v) is 13.4. The fraction of sp³-hybridized carbons (Fsp3) is 0.524. The van der Waals surface area contributed by atoms with Crippen molar-refractivity contribution in [2.24, 2.45) is 0 Å². The topological polar surface area (TPSA) is 38.2 Å². The van der Waals surface area contributed by atoms with Gasteiger partial charge in [0, 0.05) is 24.6 Å². The summed E-state index contributed by atoms with van der Waals surface area (Å²) in [5, 5.41) is 0.0749. The average Bonchev–Trinajstić information content (AvgIpc) is 2.64. The van der Waals surface area contributed by atoms with Crippen molar-refractivity contribution >= 4 is 20.0 Å². The molecule has 1 aromatic heterocycles. The summed E-state index contributed by atoms with van der Waals surface area (Å²) in [4.78, 5) is 10.6. The molecule has 4 nitrogen and oxygen atoms in total. The molecule has 0 atom stereocenters. The maximum Gasteiger partial charge on any atom is 0.416 e. The van der Waals surface area contributed by atoms with Gasteiger partial charge >= 0.3 is 6.18 Å². The molecule has 0 saturated heterocycles. The first-order valence-electron chi connectivity index (χ1n) is 9.75. The maximum absolute atomic E-state index is 12.9. The molecule has 0 N–H and O–H groups in total. The highest BCUT2D eigenvalue weighted by Crippen LogP contribution is 2.37. The van der Waals surface area contributed by atoms with E-state index < -0.39 is 20.1 Å². The third kappa shape index (κ3) is 6.02. The van der Waals surface area contributed by atoms with Crippen molar-refractivity contribution < 1.29 is 17.6 Å². The normalized spacial score (nSPS) is 12.9. The highest BCUT2D eigenvalue weighted by Gasteiger charge is 2.37. The van der Waals surface area contributed by atoms with Crippen LogP contribution in [0.25, 0.3) is 0 Å². The van der Waals surface area contributed by atoms with E-state index in [0.717, 1.165) is 24.1 Å². The molecule has 8 heteroatoms. The largest absolute Gasteiger partial charge is 0.416 e. The van der Waals surface area contributed by atoms with Crippen LogP contribution >= 0.6 is 0 Å². The monoisotopic (exact) mass is 425 g/mol. The number of aryl methyl sites for hydroxylation is 1. The molecule has 0 unspecified atom stereocenters. The lowest BCUT2D eigenvalue weighted by Gasteiger charge is -2.36. The second kappa shape index (κ2) is 8.83. The second-order valence-electron chi connectivity index (χ2n) is 8.55. The molecule has 0 amide bonds. The predicted octanol–water partition coefficient (Wildman–Crippen LogP) is 6.22. The molecular weight excluding hydrogens is 395 g/mol. The first-order chi connectivity index (χ1) is 13.3. The molecule has 1 aromatic carbocycles. The smallest absolute Gasteiger partial charge is 0.415 e. The molecular formula is C21H30F3N3OSi. The number of rotatable bonds is 7. The minimum absolute atomic E-state index is 0.0749. The third-order valence-corrected chi connectivity index (χ3v) is 9.97. The Bertz CT molecular complexity index is 785. The molecule has 0 aliphatic carbocycles. The third-order valence-electron chi connectivity index (χ3n) is 5.43. The zero-order chi connectivity index (χ0) is 21.9. The Morgan fingerprint density at radius 1 is 1.00 bits per heavy atom. The average molecular weight is 426 g/mol. The van der Waals surface area contributed by atoms with E-state index in [9.17, 15) is 13.2 Å². The van der Waals surface area contributed by atoms with Gasteiger partial charge in [-0.3, -0.25) is 0 Å². The van der Waals surface area contributed by atoms with Crippen molar-refractivity contribution in [1.29, 1.82) is 0 Å². The lowest BCUT2D eigenvalue weighted by atomic mass is 10.2. The summed E-state index contributed by atoms with van der Waals surface area (Å²) in [6.45, 7) is 13.7. The van der Waals surface area contributed by atoms with Gasteiger partial charge in [-0.1, -0.05) is 27.7 Å². The van der Waals surface area contributed by atoms with Gasteiger partial charge in [0.05, 0.1) is 12.2 Å². The highest BCUT2D eigenvalue weighted by molar-refractivity contribution is 6.74. The van der Waals surface area contributed by atoms with Gasteiger partial charge in [-0.15, -0.1) is 0 Å². The minimum atomic E-state index is -4.37. The minimum Gasteiger partial charge on any atom is -0.415 e. The van der Waals surface area contributed by atoms with Gasteiger partial charge in [0.15, 0.2) is 8.32 Å². The maximum atomic E-state index is 12.9. The number of halogens is 3. The number of anilines is 2. The van der Waals surface area contributed by atoms with E-state index in [2.05, 4.69) is 43.8 Å². The van der Waals surface area contributed by atoms with E-state index in [0.29, 0.717) is 24.8 Å². The number of alkyl halides is 3. The molecule has 0 fully saturated rings. The van der Waals surface area contributed by atoms with Gasteiger partial charge in [0.25, 0.3) is 0 Å². The summed E-state index contributed by atoms with van der Waals surface area (Å²) in [7, 11) is -1.94. The molecule has 0 radical (unpaired) electrons. The molecule has 0 aliphatic rings. The van der Waals surface area contributed by atoms with Crippen LogP contribution in [0, 0.1) is 0 Å². The van der Waals surface area contributed by atoms with Crippen LogP contribution in [0.1, 0.15) is 38.8 Å². The van der Waals surface area contributed by atoms with Crippen LogP contribution in [0.15, 0.2) is 36.7 Å². The zero-order valence-electron chi connectivity index (χ0n) is 18.0.